The van der Waals surface area contributed by atoms with Crippen molar-refractivity contribution in [1.82, 2.24) is 15.0 Å². The Balaban J connectivity index is 1.84. The summed E-state index contributed by atoms with van der Waals surface area (Å²) in [6, 6.07) is 0.570. The maximum atomic E-state index is 4.86. The van der Waals surface area contributed by atoms with Crippen LogP contribution in [-0.4, -0.2) is 27.5 Å². The first-order valence-electron chi connectivity index (χ1n) is 7.31. The Morgan fingerprint density at radius 1 is 1.30 bits per heavy atom. The van der Waals surface area contributed by atoms with Crippen LogP contribution < -0.4 is 4.90 Å². The number of hydrogen-bond acceptors (Lipinski definition) is 5. The number of aromatic nitrogens is 3. The molecular weight excluding hydrogens is 268 g/mol. The van der Waals surface area contributed by atoms with Crippen LogP contribution in [0.3, 0.4) is 0 Å². The highest BCUT2D eigenvalue weighted by Gasteiger charge is 2.29. The third kappa shape index (κ3) is 1.84. The third-order valence-electron chi connectivity index (χ3n) is 4.32. The summed E-state index contributed by atoms with van der Waals surface area (Å²) in [6.45, 7) is 5.42. The zero-order valence-corrected chi connectivity index (χ0v) is 12.7. The lowest BCUT2D eigenvalue weighted by molar-refractivity contribution is 0.470. The van der Waals surface area contributed by atoms with Gasteiger partial charge in [-0.15, -0.1) is 11.3 Å². The average molecular weight is 286 g/mol. The molecule has 4 nitrogen and oxygen atoms in total. The Hall–Kier alpha value is -1.49. The Bertz CT molecular complexity index is 664. The van der Waals surface area contributed by atoms with Crippen LogP contribution >= 0.6 is 11.3 Å². The molecule has 3 heterocycles. The minimum Gasteiger partial charge on any atom is -0.338 e. The molecular formula is C15H18N4S. The summed E-state index contributed by atoms with van der Waals surface area (Å²) in [7, 11) is 0. The van der Waals surface area contributed by atoms with Crippen LogP contribution in [0.4, 0.5) is 5.95 Å². The van der Waals surface area contributed by atoms with E-state index >= 15 is 0 Å². The summed E-state index contributed by atoms with van der Waals surface area (Å²) in [5, 5.41) is 1.05. The maximum absolute atomic E-state index is 4.86. The molecule has 2 aromatic rings. The summed E-state index contributed by atoms with van der Waals surface area (Å²) in [5.74, 6) is 0.909. The standard InChI is InChI=1S/C15H18N4S/c1-9-6-7-19(9)15-17-12-5-3-4-11(12)13(18-15)14-16-8-10(2)20-14/h8-9H,3-7H2,1-2H3/t9-/m0/s1. The molecule has 0 saturated carbocycles. The van der Waals surface area contributed by atoms with E-state index in [4.69, 9.17) is 9.97 Å². The third-order valence-corrected chi connectivity index (χ3v) is 5.24. The zero-order valence-electron chi connectivity index (χ0n) is 11.9. The lowest BCUT2D eigenvalue weighted by atomic mass is 10.1. The highest BCUT2D eigenvalue weighted by molar-refractivity contribution is 7.14. The second kappa shape index (κ2) is 4.52. The molecule has 0 unspecified atom stereocenters. The first kappa shape index (κ1) is 12.3. The predicted octanol–water partition coefficient (Wildman–Crippen LogP) is 3.00. The Labute approximate surface area is 122 Å². The van der Waals surface area contributed by atoms with E-state index in [1.54, 1.807) is 11.3 Å². The van der Waals surface area contributed by atoms with Crippen molar-refractivity contribution in [3.63, 3.8) is 0 Å². The van der Waals surface area contributed by atoms with Gasteiger partial charge in [0.15, 0.2) is 0 Å². The van der Waals surface area contributed by atoms with Crippen molar-refractivity contribution < 1.29 is 0 Å². The van der Waals surface area contributed by atoms with Crippen molar-refractivity contribution in [2.24, 2.45) is 0 Å². The van der Waals surface area contributed by atoms with Gasteiger partial charge in [0.2, 0.25) is 5.95 Å². The van der Waals surface area contributed by atoms with Gasteiger partial charge in [-0.1, -0.05) is 0 Å². The Kier molecular flexibility index (Phi) is 2.77. The number of aryl methyl sites for hydroxylation is 2. The molecule has 1 atom stereocenters. The van der Waals surface area contributed by atoms with E-state index in [1.807, 2.05) is 6.20 Å². The largest absolute Gasteiger partial charge is 0.338 e. The molecule has 0 bridgehead atoms. The predicted molar refractivity (Wildman–Crippen MR) is 81.3 cm³/mol. The van der Waals surface area contributed by atoms with E-state index in [9.17, 15) is 0 Å². The molecule has 0 radical (unpaired) electrons. The number of fused-ring (bicyclic) bond motifs is 1. The molecule has 4 rings (SSSR count). The summed E-state index contributed by atoms with van der Waals surface area (Å²) >= 11 is 1.73. The summed E-state index contributed by atoms with van der Waals surface area (Å²) in [6.07, 6.45) is 6.56. The van der Waals surface area contributed by atoms with Crippen LogP contribution in [0.2, 0.25) is 0 Å². The zero-order chi connectivity index (χ0) is 13.7. The maximum Gasteiger partial charge on any atom is 0.226 e. The van der Waals surface area contributed by atoms with Crippen LogP contribution in [0.5, 0.6) is 0 Å². The Morgan fingerprint density at radius 2 is 2.20 bits per heavy atom. The topological polar surface area (TPSA) is 41.9 Å². The molecule has 0 amide bonds. The van der Waals surface area contributed by atoms with E-state index in [-0.39, 0.29) is 0 Å². The summed E-state index contributed by atoms with van der Waals surface area (Å²) in [4.78, 5) is 17.8. The van der Waals surface area contributed by atoms with Crippen LogP contribution in [0.25, 0.3) is 10.7 Å². The molecule has 0 spiro atoms. The van der Waals surface area contributed by atoms with Crippen molar-refractivity contribution in [3.8, 4) is 10.7 Å². The molecule has 2 aromatic heterocycles. The van der Waals surface area contributed by atoms with Crippen LogP contribution in [0, 0.1) is 6.92 Å². The molecule has 1 saturated heterocycles. The Morgan fingerprint density at radius 3 is 2.85 bits per heavy atom. The van der Waals surface area contributed by atoms with Crippen LogP contribution in [0.15, 0.2) is 6.20 Å². The number of hydrogen-bond donors (Lipinski definition) is 0. The van der Waals surface area contributed by atoms with E-state index in [0.29, 0.717) is 6.04 Å². The molecule has 104 valence electrons. The van der Waals surface area contributed by atoms with Gasteiger partial charge >= 0.3 is 0 Å². The second-order valence-corrected chi connectivity index (χ2v) is 6.99. The fourth-order valence-electron chi connectivity index (χ4n) is 3.00. The minimum absolute atomic E-state index is 0.570. The number of thiazole rings is 1. The van der Waals surface area contributed by atoms with E-state index < -0.39 is 0 Å². The van der Waals surface area contributed by atoms with Crippen LogP contribution in [0.1, 0.15) is 35.9 Å². The number of rotatable bonds is 2. The SMILES string of the molecule is Cc1cnc(-c2nc(N3CC[C@@H]3C)nc3c2CCC3)s1. The smallest absolute Gasteiger partial charge is 0.226 e. The molecule has 1 fully saturated rings. The van der Waals surface area contributed by atoms with Gasteiger partial charge in [0.25, 0.3) is 0 Å². The van der Waals surface area contributed by atoms with Gasteiger partial charge in [-0.3, -0.25) is 0 Å². The van der Waals surface area contributed by atoms with Gasteiger partial charge in [0.05, 0.1) is 0 Å². The van der Waals surface area contributed by atoms with Crippen molar-refractivity contribution >= 4 is 17.3 Å². The first-order valence-corrected chi connectivity index (χ1v) is 8.13. The number of anilines is 1. The summed E-state index contributed by atoms with van der Waals surface area (Å²) in [5.41, 5.74) is 3.66. The molecule has 0 N–H and O–H groups in total. The molecule has 1 aliphatic heterocycles. The fourth-order valence-corrected chi connectivity index (χ4v) is 3.78. The molecule has 20 heavy (non-hydrogen) atoms. The molecule has 2 aliphatic rings. The van der Waals surface area contributed by atoms with Gasteiger partial charge in [0.1, 0.15) is 10.7 Å². The fraction of sp³-hybridized carbons (Fsp3) is 0.533. The highest BCUT2D eigenvalue weighted by atomic mass is 32.1. The van der Waals surface area contributed by atoms with Gasteiger partial charge in [-0.25, -0.2) is 15.0 Å². The van der Waals surface area contributed by atoms with Crippen molar-refractivity contribution in [1.29, 1.82) is 0 Å². The summed E-state index contributed by atoms with van der Waals surface area (Å²) < 4.78 is 0. The lowest BCUT2D eigenvalue weighted by Crippen LogP contribution is -2.46. The van der Waals surface area contributed by atoms with Crippen molar-refractivity contribution in [2.45, 2.75) is 45.6 Å². The average Bonchev–Trinajstić information content (AvgIpc) is 3.04. The van der Waals surface area contributed by atoms with E-state index in [1.165, 1.54) is 29.0 Å². The minimum atomic E-state index is 0.570. The van der Waals surface area contributed by atoms with Crippen molar-refractivity contribution in [2.75, 3.05) is 11.4 Å². The van der Waals surface area contributed by atoms with Crippen molar-refractivity contribution in [3.05, 3.63) is 22.3 Å². The van der Waals surface area contributed by atoms with Crippen LogP contribution in [-0.2, 0) is 12.8 Å². The normalized spacial score (nSPS) is 20.9. The number of nitrogens with zero attached hydrogens (tertiary/aromatic N) is 4. The molecule has 1 aliphatic carbocycles. The van der Waals surface area contributed by atoms with Gasteiger partial charge in [-0.2, -0.15) is 0 Å². The van der Waals surface area contributed by atoms with E-state index in [2.05, 4.69) is 23.7 Å². The quantitative estimate of drug-likeness (QED) is 0.851. The van der Waals surface area contributed by atoms with E-state index in [0.717, 1.165) is 36.0 Å². The monoisotopic (exact) mass is 286 g/mol. The highest BCUT2D eigenvalue weighted by Crippen LogP contribution is 2.35. The lowest BCUT2D eigenvalue weighted by Gasteiger charge is -2.39. The second-order valence-electron chi connectivity index (χ2n) is 5.76. The molecule has 5 heteroatoms. The first-order chi connectivity index (χ1) is 9.72. The van der Waals surface area contributed by atoms with Gasteiger partial charge in [0, 0.05) is 34.9 Å². The molecule has 0 aromatic carbocycles. The van der Waals surface area contributed by atoms with Gasteiger partial charge in [-0.05, 0) is 39.5 Å². The van der Waals surface area contributed by atoms with Gasteiger partial charge < -0.3 is 4.90 Å².